The average Bonchev–Trinajstić information content (AvgIpc) is 3.35. The van der Waals surface area contributed by atoms with Crippen LogP contribution in [-0.2, 0) is 35.4 Å². The van der Waals surface area contributed by atoms with E-state index in [1.54, 1.807) is 24.3 Å². The number of ether oxygens (including phenoxy) is 4. The first-order chi connectivity index (χ1) is 14.7. The Morgan fingerprint density at radius 3 is 2.39 bits per heavy atom. The van der Waals surface area contributed by atoms with Gasteiger partial charge >= 0.3 is 0 Å². The topological polar surface area (TPSA) is 74.4 Å². The van der Waals surface area contributed by atoms with Gasteiger partial charge in [0, 0.05) is 0 Å². The van der Waals surface area contributed by atoms with Crippen molar-refractivity contribution in [2.75, 3.05) is 13.2 Å². The molecule has 0 aliphatic carbocycles. The summed E-state index contributed by atoms with van der Waals surface area (Å²) < 4.78 is 50.3. The van der Waals surface area contributed by atoms with E-state index in [2.05, 4.69) is 0 Å². The summed E-state index contributed by atoms with van der Waals surface area (Å²) in [4.78, 5) is -1.03. The van der Waals surface area contributed by atoms with E-state index < -0.39 is 26.7 Å². The molecular weight excluding hydrogens is 416 g/mol. The molecule has 2 aromatic carbocycles. The summed E-state index contributed by atoms with van der Waals surface area (Å²) in [5.74, 6) is -0.643. The number of epoxide rings is 1. The van der Waals surface area contributed by atoms with Crippen molar-refractivity contribution in [3.05, 3.63) is 65.7 Å². The zero-order chi connectivity index (χ0) is 22.1. The summed E-state index contributed by atoms with van der Waals surface area (Å²) in [5.41, 5.74) is 2.04. The third-order valence-corrected chi connectivity index (χ3v) is 8.19. The molecule has 0 saturated carbocycles. The Bertz CT molecular complexity index is 986. The predicted octanol–water partition coefficient (Wildman–Crippen LogP) is 4.01. The Morgan fingerprint density at radius 2 is 1.74 bits per heavy atom. The Morgan fingerprint density at radius 1 is 1.03 bits per heavy atom. The first kappa shape index (κ1) is 22.4. The van der Waals surface area contributed by atoms with Crippen LogP contribution in [-0.4, -0.2) is 44.6 Å². The fraction of sp³-hybridized carbons (Fsp3) is 0.500. The van der Waals surface area contributed by atoms with E-state index in [4.69, 9.17) is 18.9 Å². The van der Waals surface area contributed by atoms with Crippen LogP contribution in [0, 0.1) is 6.92 Å². The largest absolute Gasteiger partial charge is 0.374 e. The molecule has 31 heavy (non-hydrogen) atoms. The Hall–Kier alpha value is -1.77. The fourth-order valence-corrected chi connectivity index (χ4v) is 5.94. The summed E-state index contributed by atoms with van der Waals surface area (Å²) >= 11 is 0. The zero-order valence-corrected chi connectivity index (χ0v) is 19.1. The maximum Gasteiger partial charge on any atom is 0.210 e. The molecule has 0 spiro atoms. The molecule has 168 valence electrons. The summed E-state index contributed by atoms with van der Waals surface area (Å²) in [6.07, 6.45) is 0.184. The monoisotopic (exact) mass is 446 g/mol. The van der Waals surface area contributed by atoms with Crippen molar-refractivity contribution in [3.63, 3.8) is 0 Å². The van der Waals surface area contributed by atoms with E-state index in [0.717, 1.165) is 11.1 Å². The molecule has 2 aliphatic heterocycles. The number of hydrogen-bond acceptors (Lipinski definition) is 6. The van der Waals surface area contributed by atoms with Gasteiger partial charge in [-0.3, -0.25) is 0 Å². The van der Waals surface area contributed by atoms with Gasteiger partial charge in [-0.1, -0.05) is 48.0 Å². The smallest absolute Gasteiger partial charge is 0.210 e. The fourth-order valence-electron chi connectivity index (χ4n) is 4.00. The lowest BCUT2D eigenvalue weighted by Crippen LogP contribution is -2.31. The molecule has 4 rings (SSSR count). The molecule has 7 heteroatoms. The Kier molecular flexibility index (Phi) is 6.25. The van der Waals surface area contributed by atoms with E-state index >= 15 is 0 Å². The van der Waals surface area contributed by atoms with Gasteiger partial charge in [0.2, 0.25) is 14.8 Å². The Balaban J connectivity index is 1.47. The average molecular weight is 447 g/mol. The number of sulfone groups is 1. The maximum absolute atomic E-state index is 13.6. The second kappa shape index (κ2) is 8.64. The maximum atomic E-state index is 13.6. The molecule has 0 aromatic heterocycles. The number of aryl methyl sites for hydroxylation is 1. The minimum Gasteiger partial charge on any atom is -0.374 e. The van der Waals surface area contributed by atoms with Gasteiger partial charge in [0.05, 0.1) is 30.8 Å². The Labute approximate surface area is 184 Å². The van der Waals surface area contributed by atoms with Crippen molar-refractivity contribution in [1.29, 1.82) is 0 Å². The van der Waals surface area contributed by atoms with E-state index in [1.807, 2.05) is 51.1 Å². The van der Waals surface area contributed by atoms with Crippen LogP contribution < -0.4 is 0 Å². The van der Waals surface area contributed by atoms with Crippen molar-refractivity contribution in [2.45, 2.75) is 68.0 Å². The molecule has 3 atom stereocenters. The second-order valence-electron chi connectivity index (χ2n) is 8.72. The first-order valence-electron chi connectivity index (χ1n) is 10.6. The summed E-state index contributed by atoms with van der Waals surface area (Å²) in [7, 11) is -3.71. The molecule has 0 bridgehead atoms. The van der Waals surface area contributed by atoms with Crippen LogP contribution in [0.3, 0.4) is 0 Å². The van der Waals surface area contributed by atoms with Gasteiger partial charge in [-0.05, 0) is 51.3 Å². The van der Waals surface area contributed by atoms with E-state index in [0.29, 0.717) is 26.1 Å². The van der Waals surface area contributed by atoms with Gasteiger partial charge in [0.1, 0.15) is 6.10 Å². The lowest BCUT2D eigenvalue weighted by molar-refractivity contribution is -0.139. The normalized spacial score (nSPS) is 27.3. The van der Waals surface area contributed by atoms with Crippen molar-refractivity contribution in [1.82, 2.24) is 0 Å². The van der Waals surface area contributed by atoms with Crippen LogP contribution in [0.1, 0.15) is 37.8 Å². The van der Waals surface area contributed by atoms with Gasteiger partial charge in [-0.25, -0.2) is 8.42 Å². The highest BCUT2D eigenvalue weighted by Gasteiger charge is 2.66. The van der Waals surface area contributed by atoms with Gasteiger partial charge in [0.15, 0.2) is 5.79 Å². The number of hydrogen-bond donors (Lipinski definition) is 0. The molecule has 2 aliphatic rings. The lowest BCUT2D eigenvalue weighted by atomic mass is 10.1. The van der Waals surface area contributed by atoms with Crippen LogP contribution in [0.25, 0.3) is 0 Å². The summed E-state index contributed by atoms with van der Waals surface area (Å²) in [6.45, 7) is 6.73. The third-order valence-electron chi connectivity index (χ3n) is 5.82. The van der Waals surface area contributed by atoms with E-state index in [9.17, 15) is 8.42 Å². The summed E-state index contributed by atoms with van der Waals surface area (Å²) in [5, 5.41) is 0. The summed E-state index contributed by atoms with van der Waals surface area (Å²) in [6, 6.07) is 16.7. The lowest BCUT2D eigenvalue weighted by Gasteiger charge is -2.19. The second-order valence-corrected chi connectivity index (χ2v) is 10.9. The van der Waals surface area contributed by atoms with Crippen molar-refractivity contribution in [2.24, 2.45) is 0 Å². The van der Waals surface area contributed by atoms with E-state index in [-0.39, 0.29) is 17.6 Å². The molecular formula is C24H30O6S. The minimum atomic E-state index is -3.71. The predicted molar refractivity (Wildman–Crippen MR) is 116 cm³/mol. The van der Waals surface area contributed by atoms with Gasteiger partial charge in [-0.2, -0.15) is 0 Å². The van der Waals surface area contributed by atoms with Crippen molar-refractivity contribution >= 4 is 9.84 Å². The standard InChI is InChI=1S/C24H30O6S/c1-18-9-11-21(12-10-18)31(25,26)24(14-13-20-16-28-23(2,3)29-20)22(30-24)17-27-15-19-7-5-4-6-8-19/h4-12,20,22H,13-17H2,1-3H3/t20-,22+,24+/m0/s1. The van der Waals surface area contributed by atoms with Gasteiger partial charge in [0.25, 0.3) is 0 Å². The van der Waals surface area contributed by atoms with Gasteiger partial charge < -0.3 is 18.9 Å². The third kappa shape index (κ3) is 4.86. The molecule has 0 amide bonds. The van der Waals surface area contributed by atoms with Crippen LogP contribution in [0.2, 0.25) is 0 Å². The van der Waals surface area contributed by atoms with Crippen LogP contribution in [0.4, 0.5) is 0 Å². The molecule has 2 aromatic rings. The van der Waals surface area contributed by atoms with E-state index in [1.165, 1.54) is 0 Å². The molecule has 2 heterocycles. The molecule has 0 unspecified atom stereocenters. The highest BCUT2D eigenvalue weighted by molar-refractivity contribution is 7.93. The zero-order valence-electron chi connectivity index (χ0n) is 18.2. The molecule has 0 radical (unpaired) electrons. The highest BCUT2D eigenvalue weighted by Crippen LogP contribution is 2.49. The first-order valence-corrected chi connectivity index (χ1v) is 12.1. The number of benzene rings is 2. The highest BCUT2D eigenvalue weighted by atomic mass is 32.2. The minimum absolute atomic E-state index is 0.157. The SMILES string of the molecule is Cc1ccc(S(=O)(=O)[C@@]2(CC[C@H]3COC(C)(C)O3)O[C@@H]2COCc2ccccc2)cc1. The number of rotatable bonds is 9. The van der Waals surface area contributed by atoms with Crippen molar-refractivity contribution < 1.29 is 27.4 Å². The molecule has 2 fully saturated rings. The van der Waals surface area contributed by atoms with Crippen LogP contribution >= 0.6 is 0 Å². The van der Waals surface area contributed by atoms with Crippen LogP contribution in [0.15, 0.2) is 59.5 Å². The van der Waals surface area contributed by atoms with Crippen molar-refractivity contribution in [3.8, 4) is 0 Å². The van der Waals surface area contributed by atoms with Crippen LogP contribution in [0.5, 0.6) is 0 Å². The molecule has 0 N–H and O–H groups in total. The molecule has 6 nitrogen and oxygen atoms in total. The molecule has 2 saturated heterocycles. The van der Waals surface area contributed by atoms with Gasteiger partial charge in [-0.15, -0.1) is 0 Å². The quantitative estimate of drug-likeness (QED) is 0.542.